The number of halogens is 3. The quantitative estimate of drug-likeness (QED) is 0.497. The van der Waals surface area contributed by atoms with Gasteiger partial charge in [-0.1, -0.05) is 42.5 Å². The fraction of sp³-hybridized carbons (Fsp3) is 0.0625. The van der Waals surface area contributed by atoms with Gasteiger partial charge in [0.25, 0.3) is 0 Å². The molecule has 0 heterocycles. The van der Waals surface area contributed by atoms with Crippen LogP contribution in [-0.2, 0) is 10.1 Å². The third kappa shape index (κ3) is 4.60. The minimum absolute atomic E-state index is 0.134. The largest absolute Gasteiger partial charge is 0.534 e. The highest BCUT2D eigenvalue weighted by atomic mass is 32.2. The molecule has 0 saturated heterocycles. The van der Waals surface area contributed by atoms with E-state index in [0.717, 1.165) is 6.07 Å². The number of carbonyl (C=O) groups is 1. The van der Waals surface area contributed by atoms with Gasteiger partial charge >= 0.3 is 15.6 Å². The van der Waals surface area contributed by atoms with Crippen molar-refractivity contribution in [1.29, 1.82) is 0 Å². The number of benzene rings is 2. The number of hydrogen-bond acceptors (Lipinski definition) is 4. The zero-order valence-electron chi connectivity index (χ0n) is 12.5. The SMILES string of the molecule is NC(=O)c1ccc(C=Cc2ccccc2OS(=O)(=O)C(F)(F)F)cc1. The average molecular weight is 371 g/mol. The Hall–Kier alpha value is -2.81. The van der Waals surface area contributed by atoms with Crippen molar-refractivity contribution in [1.82, 2.24) is 0 Å². The molecule has 9 heteroatoms. The van der Waals surface area contributed by atoms with Crippen molar-refractivity contribution in [2.24, 2.45) is 5.73 Å². The highest BCUT2D eigenvalue weighted by Gasteiger charge is 2.48. The van der Waals surface area contributed by atoms with Crippen LogP contribution in [0.2, 0.25) is 0 Å². The first-order valence-electron chi connectivity index (χ1n) is 6.78. The molecule has 2 rings (SSSR count). The Bertz CT molecular complexity index is 904. The Labute approximate surface area is 141 Å². The number of nitrogens with two attached hydrogens (primary N) is 1. The second-order valence-electron chi connectivity index (χ2n) is 4.84. The van der Waals surface area contributed by atoms with Crippen LogP contribution in [-0.4, -0.2) is 19.8 Å². The van der Waals surface area contributed by atoms with Crippen molar-refractivity contribution in [3.8, 4) is 5.75 Å². The van der Waals surface area contributed by atoms with E-state index in [-0.39, 0.29) is 5.56 Å². The van der Waals surface area contributed by atoms with E-state index in [1.165, 1.54) is 42.5 Å². The van der Waals surface area contributed by atoms with Gasteiger partial charge in [-0.05, 0) is 23.8 Å². The molecule has 0 bridgehead atoms. The molecule has 0 aliphatic carbocycles. The Balaban J connectivity index is 2.27. The monoisotopic (exact) mass is 371 g/mol. The van der Waals surface area contributed by atoms with Gasteiger partial charge < -0.3 is 9.92 Å². The van der Waals surface area contributed by atoms with Crippen LogP contribution in [0.1, 0.15) is 21.5 Å². The minimum Gasteiger partial charge on any atom is -0.375 e. The van der Waals surface area contributed by atoms with Gasteiger partial charge in [0.1, 0.15) is 5.75 Å². The number of amides is 1. The van der Waals surface area contributed by atoms with E-state index in [1.807, 2.05) is 0 Å². The van der Waals surface area contributed by atoms with Crippen LogP contribution >= 0.6 is 0 Å². The second-order valence-corrected chi connectivity index (χ2v) is 6.38. The van der Waals surface area contributed by atoms with Gasteiger partial charge in [-0.25, -0.2) is 0 Å². The van der Waals surface area contributed by atoms with Crippen molar-refractivity contribution in [2.75, 3.05) is 0 Å². The first kappa shape index (κ1) is 18.5. The van der Waals surface area contributed by atoms with Gasteiger partial charge in [0.15, 0.2) is 0 Å². The zero-order valence-corrected chi connectivity index (χ0v) is 13.3. The molecule has 2 N–H and O–H groups in total. The topological polar surface area (TPSA) is 86.5 Å². The Morgan fingerprint density at radius 1 is 1.00 bits per heavy atom. The molecule has 0 spiro atoms. The van der Waals surface area contributed by atoms with Crippen LogP contribution in [0.4, 0.5) is 13.2 Å². The molecule has 0 unspecified atom stereocenters. The van der Waals surface area contributed by atoms with Gasteiger partial charge in [0.2, 0.25) is 5.91 Å². The standard InChI is InChI=1S/C16H12F3NO4S/c17-16(18,19)25(22,23)24-14-4-2-1-3-12(14)8-5-11-6-9-13(10-7-11)15(20)21/h1-10H,(H2,20,21). The highest BCUT2D eigenvalue weighted by molar-refractivity contribution is 7.88. The Morgan fingerprint density at radius 2 is 1.60 bits per heavy atom. The molecule has 0 aliphatic rings. The lowest BCUT2D eigenvalue weighted by atomic mass is 10.1. The van der Waals surface area contributed by atoms with E-state index in [2.05, 4.69) is 4.18 Å². The molecule has 0 radical (unpaired) electrons. The number of hydrogen-bond donors (Lipinski definition) is 1. The fourth-order valence-corrected chi connectivity index (χ4v) is 2.29. The molecule has 5 nitrogen and oxygen atoms in total. The van der Waals surface area contributed by atoms with E-state index in [1.54, 1.807) is 12.1 Å². The summed E-state index contributed by atoms with van der Waals surface area (Å²) in [7, 11) is -5.76. The lowest BCUT2D eigenvalue weighted by Gasteiger charge is -2.11. The highest BCUT2D eigenvalue weighted by Crippen LogP contribution is 2.29. The lowest BCUT2D eigenvalue weighted by Crippen LogP contribution is -2.28. The summed E-state index contributed by atoms with van der Waals surface area (Å²) in [6.07, 6.45) is 2.91. The molecule has 0 fully saturated rings. The first-order chi connectivity index (χ1) is 11.6. The van der Waals surface area contributed by atoms with Crippen LogP contribution in [0.15, 0.2) is 48.5 Å². The maximum absolute atomic E-state index is 12.4. The summed E-state index contributed by atoms with van der Waals surface area (Å²) in [6, 6.07) is 11.5. The minimum atomic E-state index is -5.76. The molecule has 25 heavy (non-hydrogen) atoms. The summed E-state index contributed by atoms with van der Waals surface area (Å²) < 4.78 is 63.7. The maximum Gasteiger partial charge on any atom is 0.534 e. The van der Waals surface area contributed by atoms with Gasteiger partial charge in [0, 0.05) is 11.1 Å². The summed E-state index contributed by atoms with van der Waals surface area (Å²) in [4.78, 5) is 11.0. The van der Waals surface area contributed by atoms with Gasteiger partial charge in [0.05, 0.1) is 0 Å². The molecule has 0 saturated carbocycles. The number of primary amides is 1. The van der Waals surface area contributed by atoms with E-state index in [9.17, 15) is 26.4 Å². The maximum atomic E-state index is 12.4. The van der Waals surface area contributed by atoms with Crippen molar-refractivity contribution in [2.45, 2.75) is 5.51 Å². The van der Waals surface area contributed by atoms with Crippen molar-refractivity contribution in [3.63, 3.8) is 0 Å². The average Bonchev–Trinajstić information content (AvgIpc) is 2.53. The summed E-state index contributed by atoms with van der Waals surface area (Å²) in [5.74, 6) is -1.04. The summed E-state index contributed by atoms with van der Waals surface area (Å²) in [6.45, 7) is 0. The van der Waals surface area contributed by atoms with Gasteiger partial charge in [-0.2, -0.15) is 21.6 Å². The number of para-hydroxylation sites is 1. The number of rotatable bonds is 5. The van der Waals surface area contributed by atoms with Gasteiger partial charge in [-0.3, -0.25) is 4.79 Å². The first-order valence-corrected chi connectivity index (χ1v) is 8.19. The molecule has 2 aromatic carbocycles. The molecular formula is C16H12F3NO4S. The summed E-state index contributed by atoms with van der Waals surface area (Å²) in [5.41, 5.74) is 0.661. The number of carbonyl (C=O) groups excluding carboxylic acids is 1. The fourth-order valence-electron chi connectivity index (χ4n) is 1.80. The van der Waals surface area contributed by atoms with Crippen LogP contribution in [0.5, 0.6) is 5.75 Å². The van der Waals surface area contributed by atoms with E-state index in [0.29, 0.717) is 11.1 Å². The molecule has 2 aromatic rings. The third-order valence-electron chi connectivity index (χ3n) is 3.05. The predicted octanol–water partition coefficient (Wildman–Crippen LogP) is 3.18. The van der Waals surface area contributed by atoms with E-state index in [4.69, 9.17) is 5.73 Å². The van der Waals surface area contributed by atoms with Crippen LogP contribution < -0.4 is 9.92 Å². The Kier molecular flexibility index (Phi) is 5.17. The zero-order chi connectivity index (χ0) is 18.7. The van der Waals surface area contributed by atoms with Crippen molar-refractivity contribution in [3.05, 3.63) is 65.2 Å². The van der Waals surface area contributed by atoms with Crippen LogP contribution in [0.3, 0.4) is 0 Å². The van der Waals surface area contributed by atoms with Gasteiger partial charge in [-0.15, -0.1) is 0 Å². The Morgan fingerprint density at radius 3 is 2.16 bits per heavy atom. The van der Waals surface area contributed by atoms with E-state index < -0.39 is 27.3 Å². The van der Waals surface area contributed by atoms with E-state index >= 15 is 0 Å². The van der Waals surface area contributed by atoms with Crippen molar-refractivity contribution >= 4 is 28.2 Å². The van der Waals surface area contributed by atoms with Crippen LogP contribution in [0, 0.1) is 0 Å². The van der Waals surface area contributed by atoms with Crippen LogP contribution in [0.25, 0.3) is 12.2 Å². The normalized spacial score (nSPS) is 12.3. The second kappa shape index (κ2) is 6.98. The van der Waals surface area contributed by atoms with Crippen molar-refractivity contribution < 1.29 is 30.6 Å². The molecule has 0 aliphatic heterocycles. The lowest BCUT2D eigenvalue weighted by molar-refractivity contribution is -0.0500. The summed E-state index contributed by atoms with van der Waals surface area (Å²) in [5, 5.41) is 0. The third-order valence-corrected chi connectivity index (χ3v) is 4.02. The predicted molar refractivity (Wildman–Crippen MR) is 85.9 cm³/mol. The molecule has 0 aromatic heterocycles. The molecular weight excluding hydrogens is 359 g/mol. The smallest absolute Gasteiger partial charge is 0.375 e. The molecule has 132 valence electrons. The number of alkyl halides is 3. The molecule has 1 amide bonds. The molecule has 0 atom stereocenters. The summed E-state index contributed by atoms with van der Waals surface area (Å²) >= 11 is 0.